The maximum Gasteiger partial charge on any atom is 0.160 e. The van der Waals surface area contributed by atoms with E-state index in [-0.39, 0.29) is 0 Å². The van der Waals surface area contributed by atoms with Gasteiger partial charge >= 0.3 is 0 Å². The third-order valence-electron chi connectivity index (χ3n) is 10.8. The van der Waals surface area contributed by atoms with Crippen molar-refractivity contribution in [2.45, 2.75) is 0 Å². The van der Waals surface area contributed by atoms with Crippen LogP contribution in [-0.4, -0.2) is 24.1 Å². The van der Waals surface area contributed by atoms with E-state index in [4.69, 9.17) is 15.0 Å². The molecule has 11 aromatic rings. The fraction of sp³-hybridized carbons (Fsp3) is 0. The van der Waals surface area contributed by atoms with Gasteiger partial charge in [0, 0.05) is 61.4 Å². The Hall–Kier alpha value is -7.63. The largest absolute Gasteiger partial charge is 0.309 e. The van der Waals surface area contributed by atoms with E-state index >= 15 is 0 Å². The summed E-state index contributed by atoms with van der Waals surface area (Å²) in [5.41, 5.74) is 13.7. The molecule has 0 aliphatic rings. The van der Waals surface area contributed by atoms with Gasteiger partial charge in [0.1, 0.15) is 5.65 Å². The van der Waals surface area contributed by atoms with E-state index in [1.165, 1.54) is 27.4 Å². The maximum absolute atomic E-state index is 5.07. The normalized spacial score (nSPS) is 11.6. The second-order valence-electron chi connectivity index (χ2n) is 14.1. The van der Waals surface area contributed by atoms with Crippen molar-refractivity contribution in [2.75, 3.05) is 0 Å². The summed E-state index contributed by atoms with van der Waals surface area (Å²) in [5, 5.41) is 4.74. The molecule has 0 radical (unpaired) electrons. The van der Waals surface area contributed by atoms with E-state index in [0.29, 0.717) is 5.82 Å². The van der Waals surface area contributed by atoms with Gasteiger partial charge in [0.2, 0.25) is 0 Å². The zero-order chi connectivity index (χ0) is 37.0. The lowest BCUT2D eigenvalue weighted by atomic mass is 10.0. The summed E-state index contributed by atoms with van der Waals surface area (Å²) in [4.78, 5) is 15.1. The van der Waals surface area contributed by atoms with E-state index in [1.807, 2.05) is 48.7 Å². The van der Waals surface area contributed by atoms with Crippen molar-refractivity contribution in [2.24, 2.45) is 0 Å². The zero-order valence-corrected chi connectivity index (χ0v) is 30.3. The first-order valence-corrected chi connectivity index (χ1v) is 18.9. The summed E-state index contributed by atoms with van der Waals surface area (Å²) in [6, 6.07) is 68.3. The molecule has 0 atom stereocenters. The Balaban J connectivity index is 1.08. The topological polar surface area (TPSA) is 48.5 Å². The van der Waals surface area contributed by atoms with Crippen LogP contribution in [0.15, 0.2) is 200 Å². The van der Waals surface area contributed by atoms with Crippen LogP contribution in [0.25, 0.3) is 100 Å². The Bertz CT molecular complexity index is 3160. The van der Waals surface area contributed by atoms with Crippen LogP contribution in [0.1, 0.15) is 0 Å². The fourth-order valence-electron chi connectivity index (χ4n) is 8.22. The number of rotatable bonds is 6. The first kappa shape index (κ1) is 31.9. The lowest BCUT2D eigenvalue weighted by molar-refractivity contribution is 1.13. The summed E-state index contributed by atoms with van der Waals surface area (Å²) < 4.78 is 4.68. The van der Waals surface area contributed by atoms with Gasteiger partial charge in [-0.3, -0.25) is 4.57 Å². The Kier molecular flexibility index (Phi) is 7.42. The number of aromatic nitrogens is 5. The standard InChI is InChI=1S/C51H33N5/c1-4-14-34(15-5-1)45-33-46(35-16-6-2-7-17-35)54-50(53-45)36-25-28-39(29-26-36)56-48-32-37(27-30-42(48)44-23-13-31-52-51(44)56)40-21-12-22-43-41-20-10-11-24-47(41)55(49(40)43)38-18-8-3-9-19-38/h1-33H. The molecule has 11 rings (SSSR count). The Morgan fingerprint density at radius 1 is 0.357 bits per heavy atom. The summed E-state index contributed by atoms with van der Waals surface area (Å²) in [7, 11) is 0. The summed E-state index contributed by atoms with van der Waals surface area (Å²) >= 11 is 0. The molecule has 262 valence electrons. The number of hydrogen-bond acceptors (Lipinski definition) is 3. The van der Waals surface area contributed by atoms with Gasteiger partial charge in [-0.1, -0.05) is 127 Å². The van der Waals surface area contributed by atoms with Crippen molar-refractivity contribution >= 4 is 43.7 Å². The number of para-hydroxylation sites is 3. The Morgan fingerprint density at radius 2 is 0.946 bits per heavy atom. The molecule has 7 aromatic carbocycles. The molecule has 0 fully saturated rings. The third-order valence-corrected chi connectivity index (χ3v) is 10.8. The van der Waals surface area contributed by atoms with E-state index in [1.54, 1.807) is 0 Å². The molecule has 0 unspecified atom stereocenters. The minimum atomic E-state index is 0.682. The van der Waals surface area contributed by atoms with E-state index in [0.717, 1.165) is 67.0 Å². The van der Waals surface area contributed by atoms with Crippen LogP contribution in [0.2, 0.25) is 0 Å². The molecule has 5 nitrogen and oxygen atoms in total. The first-order chi connectivity index (χ1) is 27.8. The highest BCUT2D eigenvalue weighted by atomic mass is 15.0. The number of pyridine rings is 1. The molecule has 56 heavy (non-hydrogen) atoms. The molecule has 0 saturated heterocycles. The van der Waals surface area contributed by atoms with E-state index in [9.17, 15) is 0 Å². The van der Waals surface area contributed by atoms with Crippen LogP contribution in [-0.2, 0) is 0 Å². The summed E-state index contributed by atoms with van der Waals surface area (Å²) in [5.74, 6) is 0.682. The third kappa shape index (κ3) is 5.21. The minimum absolute atomic E-state index is 0.682. The highest BCUT2D eigenvalue weighted by Gasteiger charge is 2.19. The molecule has 4 heterocycles. The second kappa shape index (κ2) is 13.0. The smallest absolute Gasteiger partial charge is 0.160 e. The zero-order valence-electron chi connectivity index (χ0n) is 30.3. The van der Waals surface area contributed by atoms with Crippen molar-refractivity contribution in [3.8, 4) is 56.4 Å². The molecule has 0 bridgehead atoms. The average molecular weight is 716 g/mol. The maximum atomic E-state index is 5.07. The van der Waals surface area contributed by atoms with Crippen LogP contribution in [0.3, 0.4) is 0 Å². The number of hydrogen-bond donors (Lipinski definition) is 0. The van der Waals surface area contributed by atoms with Gasteiger partial charge in [-0.2, -0.15) is 0 Å². The number of nitrogens with zero attached hydrogens (tertiary/aromatic N) is 5. The Morgan fingerprint density at radius 3 is 1.68 bits per heavy atom. The average Bonchev–Trinajstić information content (AvgIpc) is 3.80. The van der Waals surface area contributed by atoms with Gasteiger partial charge in [-0.05, 0) is 72.3 Å². The van der Waals surface area contributed by atoms with Crippen molar-refractivity contribution in [3.05, 3.63) is 200 Å². The van der Waals surface area contributed by atoms with Gasteiger partial charge < -0.3 is 4.57 Å². The van der Waals surface area contributed by atoms with Gasteiger partial charge in [0.05, 0.1) is 27.9 Å². The van der Waals surface area contributed by atoms with Crippen molar-refractivity contribution in [1.82, 2.24) is 24.1 Å². The molecule has 0 N–H and O–H groups in total. The predicted molar refractivity (Wildman–Crippen MR) is 230 cm³/mol. The SMILES string of the molecule is c1ccc(-c2cc(-c3ccccc3)nc(-c3ccc(-n4c5cc(-c6cccc7c8ccccc8n(-c8ccccc8)c67)ccc5c5cccnc54)cc3)n2)cc1. The van der Waals surface area contributed by atoms with Gasteiger partial charge in [0.25, 0.3) is 0 Å². The Labute approximate surface area is 323 Å². The van der Waals surface area contributed by atoms with Gasteiger partial charge in [0.15, 0.2) is 5.82 Å². The molecular formula is C51H33N5. The van der Waals surface area contributed by atoms with Crippen LogP contribution >= 0.6 is 0 Å². The molecule has 4 aromatic heterocycles. The molecular weight excluding hydrogens is 683 g/mol. The highest BCUT2D eigenvalue weighted by molar-refractivity contribution is 6.15. The quantitative estimate of drug-likeness (QED) is 0.172. The van der Waals surface area contributed by atoms with Crippen LogP contribution < -0.4 is 0 Å². The summed E-state index contributed by atoms with van der Waals surface area (Å²) in [6.07, 6.45) is 1.88. The molecule has 0 spiro atoms. The fourth-order valence-corrected chi connectivity index (χ4v) is 8.22. The number of benzene rings is 7. The van der Waals surface area contributed by atoms with Crippen molar-refractivity contribution in [3.63, 3.8) is 0 Å². The van der Waals surface area contributed by atoms with Gasteiger partial charge in [-0.25, -0.2) is 15.0 Å². The van der Waals surface area contributed by atoms with E-state index < -0.39 is 0 Å². The van der Waals surface area contributed by atoms with Crippen molar-refractivity contribution < 1.29 is 0 Å². The van der Waals surface area contributed by atoms with Crippen LogP contribution in [0.5, 0.6) is 0 Å². The van der Waals surface area contributed by atoms with Gasteiger partial charge in [-0.15, -0.1) is 0 Å². The van der Waals surface area contributed by atoms with Crippen molar-refractivity contribution in [1.29, 1.82) is 0 Å². The lowest BCUT2D eigenvalue weighted by Gasteiger charge is -2.13. The predicted octanol–water partition coefficient (Wildman–Crippen LogP) is 12.7. The second-order valence-corrected chi connectivity index (χ2v) is 14.1. The number of fused-ring (bicyclic) bond motifs is 6. The molecule has 0 amide bonds. The minimum Gasteiger partial charge on any atom is -0.309 e. The summed E-state index contributed by atoms with van der Waals surface area (Å²) in [6.45, 7) is 0. The molecule has 0 aliphatic carbocycles. The molecule has 0 aliphatic heterocycles. The monoisotopic (exact) mass is 715 g/mol. The van der Waals surface area contributed by atoms with Crippen LogP contribution in [0.4, 0.5) is 0 Å². The molecule has 5 heteroatoms. The van der Waals surface area contributed by atoms with E-state index in [2.05, 4.69) is 161 Å². The lowest BCUT2D eigenvalue weighted by Crippen LogP contribution is -1.98. The first-order valence-electron chi connectivity index (χ1n) is 18.9. The highest BCUT2D eigenvalue weighted by Crippen LogP contribution is 2.40. The van der Waals surface area contributed by atoms with Crippen LogP contribution in [0, 0.1) is 0 Å². The molecule has 0 saturated carbocycles.